The largest absolute Gasteiger partial charge is 0.497 e. The quantitative estimate of drug-likeness (QED) is 0.557. The molecule has 0 saturated heterocycles. The van der Waals surface area contributed by atoms with E-state index in [2.05, 4.69) is 9.98 Å². The summed E-state index contributed by atoms with van der Waals surface area (Å²) in [6.07, 6.45) is 5.33. The van der Waals surface area contributed by atoms with Crippen LogP contribution in [0.2, 0.25) is 0 Å². The van der Waals surface area contributed by atoms with Crippen LogP contribution in [0.25, 0.3) is 0 Å². The third-order valence-corrected chi connectivity index (χ3v) is 5.36. The fraction of sp³-hybridized carbons (Fsp3) is 0.250. The summed E-state index contributed by atoms with van der Waals surface area (Å²) in [4.78, 5) is 28.3. The van der Waals surface area contributed by atoms with Gasteiger partial charge < -0.3 is 9.47 Å². The van der Waals surface area contributed by atoms with E-state index in [0.717, 1.165) is 6.08 Å². The molecular weight excluding hydrogens is 348 g/mol. The molecule has 1 aliphatic rings. The zero-order chi connectivity index (χ0) is 18.5. The maximum absolute atomic E-state index is 12.8. The zero-order valence-corrected chi connectivity index (χ0v) is 14.2. The number of aliphatic imine (C=N–C) groups is 2. The Hall–Kier alpha value is -2.83. The minimum atomic E-state index is -3.94. The first-order chi connectivity index (χ1) is 11.9. The Kier molecular flexibility index (Phi) is 5.46. The number of ether oxygens (including phenoxy) is 2. The maximum Gasteiger partial charge on any atom is 0.237 e. The van der Waals surface area contributed by atoms with Gasteiger partial charge in [-0.2, -0.15) is 9.98 Å². The van der Waals surface area contributed by atoms with Gasteiger partial charge in [0.2, 0.25) is 27.7 Å². The second-order valence-corrected chi connectivity index (χ2v) is 6.88. The smallest absolute Gasteiger partial charge is 0.237 e. The molecule has 0 radical (unpaired) electrons. The Balaban J connectivity index is 2.59. The number of isocyanates is 2. The van der Waals surface area contributed by atoms with Crippen LogP contribution in [0.15, 0.2) is 62.3 Å². The number of benzene rings is 1. The molecule has 0 aliphatic heterocycles. The average Bonchev–Trinajstić information content (AvgIpc) is 2.62. The van der Waals surface area contributed by atoms with E-state index in [9.17, 15) is 18.0 Å². The summed E-state index contributed by atoms with van der Waals surface area (Å²) in [7, 11) is -1.17. The fourth-order valence-electron chi connectivity index (χ4n) is 2.34. The van der Waals surface area contributed by atoms with E-state index in [1.54, 1.807) is 0 Å². The molecule has 0 fully saturated rings. The molecule has 1 unspecified atom stereocenters. The van der Waals surface area contributed by atoms with Gasteiger partial charge in [-0.15, -0.1) is 0 Å². The SMILES string of the molecule is COc1ccc(S(=O)(=O)C2=CC(N=C=O)(N=C=O)C(OC)C=C2)cc1. The van der Waals surface area contributed by atoms with Crippen LogP contribution in [0.3, 0.4) is 0 Å². The number of rotatable bonds is 6. The van der Waals surface area contributed by atoms with E-state index in [0.29, 0.717) is 5.75 Å². The normalized spacial score (nSPS) is 22.3. The molecule has 0 heterocycles. The van der Waals surface area contributed by atoms with Gasteiger partial charge in [-0.1, -0.05) is 0 Å². The molecule has 130 valence electrons. The van der Waals surface area contributed by atoms with E-state index in [1.165, 1.54) is 62.8 Å². The highest BCUT2D eigenvalue weighted by Crippen LogP contribution is 2.33. The minimum absolute atomic E-state index is 0.000804. The van der Waals surface area contributed by atoms with Crippen molar-refractivity contribution < 1.29 is 27.5 Å². The predicted octanol–water partition coefficient (Wildman–Crippen LogP) is 1.31. The first kappa shape index (κ1) is 18.5. The summed E-state index contributed by atoms with van der Waals surface area (Å²) in [5.41, 5.74) is -1.87. The fourth-order valence-corrected chi connectivity index (χ4v) is 3.69. The third-order valence-electron chi connectivity index (χ3n) is 3.59. The molecule has 0 aromatic heterocycles. The van der Waals surface area contributed by atoms with Crippen LogP contribution in [-0.4, -0.2) is 46.6 Å². The van der Waals surface area contributed by atoms with Crippen molar-refractivity contribution in [3.05, 3.63) is 47.4 Å². The van der Waals surface area contributed by atoms with Crippen molar-refractivity contribution in [3.8, 4) is 5.75 Å². The first-order valence-corrected chi connectivity index (χ1v) is 8.43. The highest BCUT2D eigenvalue weighted by atomic mass is 32.2. The lowest BCUT2D eigenvalue weighted by Crippen LogP contribution is -2.39. The second-order valence-electron chi connectivity index (χ2n) is 4.93. The molecule has 0 amide bonds. The molecule has 9 heteroatoms. The summed E-state index contributed by atoms with van der Waals surface area (Å²) in [5, 5.41) is 0. The van der Waals surface area contributed by atoms with Gasteiger partial charge in [0.1, 0.15) is 11.9 Å². The summed E-state index contributed by atoms with van der Waals surface area (Å²) in [6.45, 7) is 0. The summed E-state index contributed by atoms with van der Waals surface area (Å²) in [6, 6.07) is 5.74. The van der Waals surface area contributed by atoms with E-state index in [1.807, 2.05) is 0 Å². The lowest BCUT2D eigenvalue weighted by atomic mass is 9.99. The second kappa shape index (κ2) is 7.38. The predicted molar refractivity (Wildman–Crippen MR) is 87.2 cm³/mol. The van der Waals surface area contributed by atoms with Crippen LogP contribution < -0.4 is 4.74 Å². The van der Waals surface area contributed by atoms with Crippen molar-refractivity contribution >= 4 is 22.0 Å². The molecule has 8 nitrogen and oxygen atoms in total. The Morgan fingerprint density at radius 1 is 1.08 bits per heavy atom. The topological polar surface area (TPSA) is 111 Å². The molecule has 2 rings (SSSR count). The van der Waals surface area contributed by atoms with E-state index in [-0.39, 0.29) is 9.80 Å². The first-order valence-electron chi connectivity index (χ1n) is 6.94. The highest BCUT2D eigenvalue weighted by Gasteiger charge is 2.41. The third kappa shape index (κ3) is 3.50. The lowest BCUT2D eigenvalue weighted by molar-refractivity contribution is 0.0938. The van der Waals surface area contributed by atoms with Gasteiger partial charge in [-0.25, -0.2) is 18.0 Å². The molecule has 0 N–H and O–H groups in total. The van der Waals surface area contributed by atoms with Gasteiger partial charge in [0.05, 0.1) is 16.9 Å². The summed E-state index contributed by atoms with van der Waals surface area (Å²) >= 11 is 0. The number of allylic oxidation sites excluding steroid dienone is 1. The van der Waals surface area contributed by atoms with Crippen molar-refractivity contribution in [2.45, 2.75) is 16.7 Å². The van der Waals surface area contributed by atoms with Gasteiger partial charge in [0.25, 0.3) is 0 Å². The van der Waals surface area contributed by atoms with Gasteiger partial charge in [0.15, 0.2) is 0 Å². The van der Waals surface area contributed by atoms with Crippen LogP contribution in [0.1, 0.15) is 0 Å². The number of carbonyl (C=O) groups excluding carboxylic acids is 2. The Morgan fingerprint density at radius 2 is 1.68 bits per heavy atom. The van der Waals surface area contributed by atoms with Crippen molar-refractivity contribution in [2.24, 2.45) is 9.98 Å². The molecule has 25 heavy (non-hydrogen) atoms. The van der Waals surface area contributed by atoms with E-state index in [4.69, 9.17) is 9.47 Å². The van der Waals surface area contributed by atoms with Crippen molar-refractivity contribution in [2.75, 3.05) is 14.2 Å². The summed E-state index contributed by atoms with van der Waals surface area (Å²) in [5.74, 6) is 0.497. The Labute approximate surface area is 144 Å². The van der Waals surface area contributed by atoms with Gasteiger partial charge in [-0.05, 0) is 42.5 Å². The zero-order valence-electron chi connectivity index (χ0n) is 13.4. The molecule has 0 bridgehead atoms. The van der Waals surface area contributed by atoms with Gasteiger partial charge >= 0.3 is 0 Å². The molecule has 1 atom stereocenters. The monoisotopic (exact) mass is 362 g/mol. The number of methoxy groups -OCH3 is 2. The number of nitrogens with zero attached hydrogens (tertiary/aromatic N) is 2. The van der Waals surface area contributed by atoms with Gasteiger partial charge in [0, 0.05) is 7.11 Å². The average molecular weight is 362 g/mol. The number of hydrogen-bond acceptors (Lipinski definition) is 8. The Bertz CT molecular complexity index is 886. The van der Waals surface area contributed by atoms with Crippen LogP contribution in [0.4, 0.5) is 0 Å². The van der Waals surface area contributed by atoms with Crippen LogP contribution in [-0.2, 0) is 24.2 Å². The van der Waals surface area contributed by atoms with Crippen LogP contribution in [0.5, 0.6) is 5.75 Å². The van der Waals surface area contributed by atoms with Crippen LogP contribution in [0, 0.1) is 0 Å². The lowest BCUT2D eigenvalue weighted by Gasteiger charge is -2.28. The Morgan fingerprint density at radius 3 is 2.16 bits per heavy atom. The molecule has 1 aliphatic carbocycles. The van der Waals surface area contributed by atoms with Crippen molar-refractivity contribution in [1.29, 1.82) is 0 Å². The number of hydrogen-bond donors (Lipinski definition) is 0. The molecule has 0 saturated carbocycles. The van der Waals surface area contributed by atoms with Crippen molar-refractivity contribution in [3.63, 3.8) is 0 Å². The highest BCUT2D eigenvalue weighted by molar-refractivity contribution is 7.95. The molecule has 1 aromatic carbocycles. The number of sulfone groups is 1. The molecular formula is C16H14N2O6S. The minimum Gasteiger partial charge on any atom is -0.497 e. The summed E-state index contributed by atoms with van der Waals surface area (Å²) < 4.78 is 35.7. The van der Waals surface area contributed by atoms with Crippen LogP contribution >= 0.6 is 0 Å². The standard InChI is InChI=1S/C16H14N2O6S/c1-23-12-3-5-13(6-4-12)25(21,22)14-7-8-15(24-2)16(9-14,17-10-19)18-11-20/h3-9,15H,1-2H3. The van der Waals surface area contributed by atoms with E-state index >= 15 is 0 Å². The molecule has 1 aromatic rings. The maximum atomic E-state index is 12.8. The molecule has 0 spiro atoms. The van der Waals surface area contributed by atoms with Crippen molar-refractivity contribution in [1.82, 2.24) is 0 Å². The van der Waals surface area contributed by atoms with E-state index < -0.39 is 21.6 Å². The van der Waals surface area contributed by atoms with Gasteiger partial charge in [-0.3, -0.25) is 0 Å².